The topological polar surface area (TPSA) is 84.3 Å². The molecule has 2 N–H and O–H groups in total. The summed E-state index contributed by atoms with van der Waals surface area (Å²) in [6.07, 6.45) is -1.58. The van der Waals surface area contributed by atoms with Gasteiger partial charge in [-0.15, -0.1) is 11.6 Å². The highest BCUT2D eigenvalue weighted by molar-refractivity contribution is 6.18. The van der Waals surface area contributed by atoms with Crippen LogP contribution in [0.25, 0.3) is 0 Å². The molecule has 6 nitrogen and oxygen atoms in total. The Hall–Kier alpha value is -1.18. The normalized spacial score (nSPS) is 34.6. The zero-order chi connectivity index (χ0) is 14.2. The fourth-order valence-electron chi connectivity index (χ4n) is 2.16. The van der Waals surface area contributed by atoms with Crippen LogP contribution in [-0.2, 0) is 4.74 Å². The van der Waals surface area contributed by atoms with E-state index in [0.717, 1.165) is 16.8 Å². The fraction of sp³-hybridized carbons (Fsp3) is 0.636. The summed E-state index contributed by atoms with van der Waals surface area (Å²) in [6.45, 7) is 1.10. The van der Waals surface area contributed by atoms with Gasteiger partial charge in [-0.1, -0.05) is 6.92 Å². The third-order valence-corrected chi connectivity index (χ3v) is 4.01. The van der Waals surface area contributed by atoms with Crippen molar-refractivity contribution in [2.45, 2.75) is 24.9 Å². The molecule has 1 aliphatic heterocycles. The zero-order valence-electron chi connectivity index (χ0n) is 10.2. The number of nitrogens with one attached hydrogen (secondary N) is 1. The van der Waals surface area contributed by atoms with Gasteiger partial charge in [0.2, 0.25) is 0 Å². The molecular weight excluding hydrogens is 279 g/mol. The number of H-pyrrole nitrogens is 1. The van der Waals surface area contributed by atoms with E-state index in [1.165, 1.54) is 0 Å². The minimum Gasteiger partial charge on any atom is -0.393 e. The van der Waals surface area contributed by atoms with Crippen LogP contribution >= 0.6 is 11.6 Å². The van der Waals surface area contributed by atoms with Crippen molar-refractivity contribution in [3.8, 4) is 0 Å². The maximum atomic E-state index is 14.3. The van der Waals surface area contributed by atoms with Gasteiger partial charge in [-0.25, -0.2) is 9.18 Å². The van der Waals surface area contributed by atoms with E-state index in [2.05, 4.69) is 0 Å². The number of aromatic nitrogens is 2. The molecule has 19 heavy (non-hydrogen) atoms. The van der Waals surface area contributed by atoms with Crippen LogP contribution < -0.4 is 11.2 Å². The second-order valence-corrected chi connectivity index (χ2v) is 4.88. The van der Waals surface area contributed by atoms with Gasteiger partial charge in [0.1, 0.15) is 5.60 Å². The molecule has 1 saturated heterocycles. The minimum absolute atomic E-state index is 0.0975. The minimum atomic E-state index is -1.52. The molecule has 8 heteroatoms. The number of ether oxygens (including phenoxy) is 1. The van der Waals surface area contributed by atoms with Gasteiger partial charge in [-0.2, -0.15) is 0 Å². The first-order valence-electron chi connectivity index (χ1n) is 5.75. The number of halogens is 2. The number of aliphatic hydroxyl groups is 1. The molecule has 0 bridgehead atoms. The molecule has 1 aromatic heterocycles. The first-order chi connectivity index (χ1) is 8.95. The molecule has 0 unspecified atom stereocenters. The highest BCUT2D eigenvalue weighted by atomic mass is 35.5. The maximum absolute atomic E-state index is 14.3. The van der Waals surface area contributed by atoms with Crippen molar-refractivity contribution >= 4 is 11.6 Å². The van der Waals surface area contributed by atoms with Crippen LogP contribution in [0.4, 0.5) is 4.39 Å². The van der Waals surface area contributed by atoms with Gasteiger partial charge in [-0.05, 0) is 0 Å². The maximum Gasteiger partial charge on any atom is 0.330 e. The third-order valence-electron chi connectivity index (χ3n) is 3.55. The molecule has 0 aromatic carbocycles. The average molecular weight is 293 g/mol. The number of hydrogen-bond donors (Lipinski definition) is 2. The summed E-state index contributed by atoms with van der Waals surface area (Å²) in [6, 6.07) is 1.10. The molecular formula is C11H14ClFN2O4. The fourth-order valence-corrected chi connectivity index (χ4v) is 2.56. The SMILES string of the molecule is C[C@H]1[C@H](F)[C@H](n2ccc(=O)[nH]c2=O)O[C@@]1(CO)CCl. The number of hydrogen-bond acceptors (Lipinski definition) is 4. The lowest BCUT2D eigenvalue weighted by atomic mass is 9.90. The van der Waals surface area contributed by atoms with Crippen LogP contribution in [0.3, 0.4) is 0 Å². The molecule has 0 radical (unpaired) electrons. The van der Waals surface area contributed by atoms with Crippen LogP contribution in [0, 0.1) is 5.92 Å². The van der Waals surface area contributed by atoms with Crippen molar-refractivity contribution in [2.24, 2.45) is 5.92 Å². The molecule has 1 aromatic rings. The van der Waals surface area contributed by atoms with Gasteiger partial charge < -0.3 is 9.84 Å². The Morgan fingerprint density at radius 1 is 1.63 bits per heavy atom. The summed E-state index contributed by atoms with van der Waals surface area (Å²) in [5.74, 6) is -0.779. The lowest BCUT2D eigenvalue weighted by Gasteiger charge is -2.28. The summed E-state index contributed by atoms with van der Waals surface area (Å²) in [4.78, 5) is 24.6. The van der Waals surface area contributed by atoms with E-state index in [9.17, 15) is 19.1 Å². The largest absolute Gasteiger partial charge is 0.393 e. The van der Waals surface area contributed by atoms with E-state index in [0.29, 0.717) is 0 Å². The molecule has 0 spiro atoms. The van der Waals surface area contributed by atoms with E-state index in [1.54, 1.807) is 6.92 Å². The van der Waals surface area contributed by atoms with Gasteiger partial charge in [0.05, 0.1) is 12.5 Å². The summed E-state index contributed by atoms with van der Waals surface area (Å²) in [7, 11) is 0. The molecule has 0 amide bonds. The number of rotatable bonds is 3. The monoisotopic (exact) mass is 292 g/mol. The van der Waals surface area contributed by atoms with Crippen molar-refractivity contribution in [1.82, 2.24) is 9.55 Å². The average Bonchev–Trinajstić information content (AvgIpc) is 2.64. The van der Waals surface area contributed by atoms with Gasteiger partial charge in [0.25, 0.3) is 5.56 Å². The predicted octanol–water partition coefficient (Wildman–Crippen LogP) is 0.00950. The van der Waals surface area contributed by atoms with Crippen LogP contribution in [-0.4, -0.2) is 38.9 Å². The molecule has 0 saturated carbocycles. The lowest BCUT2D eigenvalue weighted by molar-refractivity contribution is -0.101. The number of aromatic amines is 1. The molecule has 0 aliphatic carbocycles. The van der Waals surface area contributed by atoms with Gasteiger partial charge >= 0.3 is 5.69 Å². The smallest absolute Gasteiger partial charge is 0.330 e. The first kappa shape index (κ1) is 14.2. The van der Waals surface area contributed by atoms with Crippen molar-refractivity contribution < 1.29 is 14.2 Å². The third kappa shape index (κ3) is 2.22. The van der Waals surface area contributed by atoms with Crippen LogP contribution in [0.15, 0.2) is 21.9 Å². The van der Waals surface area contributed by atoms with Gasteiger partial charge in [0, 0.05) is 18.2 Å². The molecule has 1 fully saturated rings. The van der Waals surface area contributed by atoms with E-state index in [1.807, 2.05) is 4.98 Å². The Balaban J connectivity index is 2.42. The zero-order valence-corrected chi connectivity index (χ0v) is 10.9. The Morgan fingerprint density at radius 3 is 2.79 bits per heavy atom. The molecule has 4 atom stereocenters. The Morgan fingerprint density at radius 2 is 2.32 bits per heavy atom. The van der Waals surface area contributed by atoms with Crippen molar-refractivity contribution in [3.63, 3.8) is 0 Å². The lowest BCUT2D eigenvalue weighted by Crippen LogP contribution is -2.41. The second-order valence-electron chi connectivity index (χ2n) is 4.62. The standard InChI is InChI=1S/C11H14ClFN2O4/c1-6-8(13)9(19-11(6,4-12)5-16)15-3-2-7(17)14-10(15)18/h2-3,6,8-9,16H,4-5H2,1H3,(H,14,17,18)/t6-,8-,9+,11+/m0/s1. The number of aliphatic hydroxyl groups excluding tert-OH is 1. The molecule has 106 valence electrons. The summed E-state index contributed by atoms with van der Waals surface area (Å²) in [5.41, 5.74) is -2.58. The highest BCUT2D eigenvalue weighted by Gasteiger charge is 2.53. The Labute approximate surface area is 112 Å². The molecule has 1 aliphatic rings. The van der Waals surface area contributed by atoms with Gasteiger partial charge in [0.15, 0.2) is 12.4 Å². The van der Waals surface area contributed by atoms with Crippen LogP contribution in [0.1, 0.15) is 13.2 Å². The van der Waals surface area contributed by atoms with E-state index in [4.69, 9.17) is 16.3 Å². The van der Waals surface area contributed by atoms with Crippen molar-refractivity contribution in [2.75, 3.05) is 12.5 Å². The number of nitrogens with zero attached hydrogens (tertiary/aromatic N) is 1. The summed E-state index contributed by atoms with van der Waals surface area (Å²) >= 11 is 5.75. The van der Waals surface area contributed by atoms with Crippen molar-refractivity contribution in [1.29, 1.82) is 0 Å². The van der Waals surface area contributed by atoms with E-state index < -0.39 is 41.8 Å². The quantitative estimate of drug-likeness (QED) is 0.769. The molecule has 2 rings (SSSR count). The van der Waals surface area contributed by atoms with E-state index >= 15 is 0 Å². The summed E-state index contributed by atoms with van der Waals surface area (Å²) < 4.78 is 20.7. The van der Waals surface area contributed by atoms with Crippen LogP contribution in [0.2, 0.25) is 0 Å². The van der Waals surface area contributed by atoms with Crippen molar-refractivity contribution in [3.05, 3.63) is 33.1 Å². The highest BCUT2D eigenvalue weighted by Crippen LogP contribution is 2.43. The van der Waals surface area contributed by atoms with Gasteiger partial charge in [-0.3, -0.25) is 14.3 Å². The van der Waals surface area contributed by atoms with E-state index in [-0.39, 0.29) is 5.88 Å². The Bertz CT molecular complexity index is 568. The second kappa shape index (κ2) is 5.07. The number of alkyl halides is 2. The van der Waals surface area contributed by atoms with Crippen LogP contribution in [0.5, 0.6) is 0 Å². The summed E-state index contributed by atoms with van der Waals surface area (Å²) in [5, 5.41) is 9.36. The first-order valence-corrected chi connectivity index (χ1v) is 6.29. The molecule has 2 heterocycles. The predicted molar refractivity (Wildman–Crippen MR) is 66.0 cm³/mol. The Kier molecular flexibility index (Phi) is 3.80.